The Balaban J connectivity index is 1.28. The number of aromatic nitrogens is 1. The Labute approximate surface area is 289 Å². The minimum absolute atomic E-state index is 0.00872. The zero-order valence-electron chi connectivity index (χ0n) is 27.7. The van der Waals surface area contributed by atoms with Crippen molar-refractivity contribution in [1.29, 1.82) is 0 Å². The number of rotatable bonds is 6. The smallest absolute Gasteiger partial charge is 0.408 e. The number of nitrogens with one attached hydrogen (secondary N) is 3. The number of hydrogen-bond acceptors (Lipinski definition) is 10. The van der Waals surface area contributed by atoms with E-state index >= 15 is 0 Å². The van der Waals surface area contributed by atoms with Crippen LogP contribution in [-0.2, 0) is 29.1 Å². The maximum atomic E-state index is 14.3. The Hall–Kier alpha value is -3.85. The van der Waals surface area contributed by atoms with Gasteiger partial charge in [0, 0.05) is 23.4 Å². The topological polar surface area (TPSA) is 186 Å². The summed E-state index contributed by atoms with van der Waals surface area (Å²) in [5.74, 6) is -2.40. The molecule has 0 spiro atoms. The summed E-state index contributed by atoms with van der Waals surface area (Å²) in [6, 6.07) is 2.79. The molecule has 1 aromatic heterocycles. The molecule has 266 valence electrons. The lowest BCUT2D eigenvalue weighted by Gasteiger charge is -2.30. The SMILES string of the molecule is CC(C)(C)OC(=O)N[C@H]1CCCCCC=C[C@@H]2C[C@@]2(C(=O)NS(=O)(=O)C2CC2)NC(=O)[C@@H]2C[C@@H](Oc3nc4ccc(Cl)cc4o3)CN2C1=O. The molecule has 4 aliphatic rings. The molecule has 2 aliphatic carbocycles. The molecule has 5 atom stereocenters. The van der Waals surface area contributed by atoms with Gasteiger partial charge in [-0.3, -0.25) is 19.1 Å². The van der Waals surface area contributed by atoms with Crippen LogP contribution in [-0.4, -0.2) is 83.2 Å². The molecule has 2 saturated carbocycles. The number of carbonyl (C=O) groups excluding carboxylic acids is 4. The van der Waals surface area contributed by atoms with Crippen LogP contribution in [0, 0.1) is 5.92 Å². The van der Waals surface area contributed by atoms with Gasteiger partial charge in [-0.25, -0.2) is 13.2 Å². The van der Waals surface area contributed by atoms with E-state index in [9.17, 15) is 27.6 Å². The van der Waals surface area contributed by atoms with Gasteiger partial charge in [-0.15, -0.1) is 0 Å². The van der Waals surface area contributed by atoms with E-state index in [0.717, 1.165) is 12.8 Å². The molecule has 2 aliphatic heterocycles. The lowest BCUT2D eigenvalue weighted by Crippen LogP contribution is -2.58. The maximum absolute atomic E-state index is 14.3. The number of nitrogens with zero attached hydrogens (tertiary/aromatic N) is 2. The molecular weight excluding hydrogens is 678 g/mol. The lowest BCUT2D eigenvalue weighted by atomic mass is 10.0. The minimum atomic E-state index is -3.88. The Morgan fingerprint density at radius 2 is 1.92 bits per heavy atom. The van der Waals surface area contributed by atoms with Crippen molar-refractivity contribution < 1.29 is 41.5 Å². The summed E-state index contributed by atoms with van der Waals surface area (Å²) in [6.45, 7) is 5.10. The zero-order chi connectivity index (χ0) is 35.1. The highest BCUT2D eigenvalue weighted by atomic mass is 35.5. The highest BCUT2D eigenvalue weighted by molar-refractivity contribution is 7.91. The minimum Gasteiger partial charge on any atom is -0.445 e. The molecule has 4 amide bonds. The average molecular weight is 720 g/mol. The monoisotopic (exact) mass is 719 g/mol. The molecule has 0 bridgehead atoms. The fourth-order valence-corrected chi connectivity index (χ4v) is 7.89. The highest BCUT2D eigenvalue weighted by Gasteiger charge is 2.62. The second kappa shape index (κ2) is 13.5. The summed E-state index contributed by atoms with van der Waals surface area (Å²) in [5.41, 5.74) is -1.41. The van der Waals surface area contributed by atoms with Crippen LogP contribution in [0.4, 0.5) is 4.79 Å². The molecular formula is C33H42ClN5O9S. The molecule has 3 N–H and O–H groups in total. The Bertz CT molecular complexity index is 1770. The predicted octanol–water partition coefficient (Wildman–Crippen LogP) is 3.73. The third-order valence-electron chi connectivity index (χ3n) is 9.13. The summed E-state index contributed by atoms with van der Waals surface area (Å²) < 4.78 is 44.9. The molecule has 3 heterocycles. The molecule has 0 unspecified atom stereocenters. The summed E-state index contributed by atoms with van der Waals surface area (Å²) in [5, 5.41) is 5.35. The van der Waals surface area contributed by atoms with Crippen LogP contribution in [0.5, 0.6) is 6.08 Å². The van der Waals surface area contributed by atoms with Crippen LogP contribution in [0.3, 0.4) is 0 Å². The maximum Gasteiger partial charge on any atom is 0.408 e. The number of oxazole rings is 1. The van der Waals surface area contributed by atoms with Gasteiger partial charge >= 0.3 is 12.2 Å². The predicted molar refractivity (Wildman–Crippen MR) is 178 cm³/mol. The van der Waals surface area contributed by atoms with E-state index in [-0.39, 0.29) is 25.5 Å². The van der Waals surface area contributed by atoms with Crippen LogP contribution in [0.15, 0.2) is 34.8 Å². The number of sulfonamides is 1. The fraction of sp³-hybridized carbons (Fsp3) is 0.606. The quantitative estimate of drug-likeness (QED) is 0.372. The van der Waals surface area contributed by atoms with Crippen LogP contribution >= 0.6 is 11.6 Å². The Morgan fingerprint density at radius 1 is 1.14 bits per heavy atom. The first-order chi connectivity index (χ1) is 23.1. The van der Waals surface area contributed by atoms with E-state index in [4.69, 9.17) is 25.5 Å². The molecule has 0 radical (unpaired) electrons. The third-order valence-corrected chi connectivity index (χ3v) is 11.2. The van der Waals surface area contributed by atoms with Crippen molar-refractivity contribution in [3.63, 3.8) is 0 Å². The van der Waals surface area contributed by atoms with Crippen molar-refractivity contribution in [2.45, 2.75) is 113 Å². The molecule has 1 aromatic carbocycles. The fourth-order valence-electron chi connectivity index (χ4n) is 6.37. The summed E-state index contributed by atoms with van der Waals surface area (Å²) in [4.78, 5) is 60.5. The summed E-state index contributed by atoms with van der Waals surface area (Å²) >= 11 is 6.09. The zero-order valence-corrected chi connectivity index (χ0v) is 29.3. The van der Waals surface area contributed by atoms with Crippen LogP contribution in [0.1, 0.15) is 78.6 Å². The van der Waals surface area contributed by atoms with Crippen molar-refractivity contribution in [2.75, 3.05) is 6.54 Å². The number of benzene rings is 1. The first kappa shape index (κ1) is 35.0. The van der Waals surface area contributed by atoms with Gasteiger partial charge < -0.3 is 29.4 Å². The number of carbonyl (C=O) groups is 4. The van der Waals surface area contributed by atoms with E-state index < -0.39 is 74.3 Å². The second-order valence-corrected chi connectivity index (χ2v) is 16.7. The summed E-state index contributed by atoms with van der Waals surface area (Å²) in [6.07, 6.45) is 6.50. The molecule has 1 saturated heterocycles. The first-order valence-corrected chi connectivity index (χ1v) is 18.6. The number of amides is 4. The van der Waals surface area contributed by atoms with Crippen molar-refractivity contribution in [3.8, 4) is 6.08 Å². The molecule has 2 aromatic rings. The van der Waals surface area contributed by atoms with Gasteiger partial charge in [-0.05, 0) is 71.4 Å². The van der Waals surface area contributed by atoms with Gasteiger partial charge in [0.2, 0.25) is 21.8 Å². The number of halogens is 1. The molecule has 3 fully saturated rings. The summed E-state index contributed by atoms with van der Waals surface area (Å²) in [7, 11) is -3.88. The first-order valence-electron chi connectivity index (χ1n) is 16.7. The highest BCUT2D eigenvalue weighted by Crippen LogP contribution is 2.46. The standard InChI is InChI=1S/C33H42ClN5O9S/c1-32(2,3)48-30(43)35-24-10-8-6-4-5-7-9-19-17-33(19,29(42)38-49(44,45)22-12-13-22)37-27(40)25-16-21(18-39(25)28(24)41)46-31-36-23-14-11-20(34)15-26(23)47-31/h7,9,11,14-15,19,21-22,24-25H,4-6,8,10,12-13,16-18H2,1-3H3,(H,35,43)(H,37,40)(H,38,42)/t19-,21-,24+,25+,33-/m1/s1. The largest absolute Gasteiger partial charge is 0.445 e. The van der Waals surface area contributed by atoms with Gasteiger partial charge in [0.25, 0.3) is 5.91 Å². The number of alkyl carbamates (subject to hydrolysis) is 1. The van der Waals surface area contributed by atoms with Crippen LogP contribution < -0.4 is 20.1 Å². The number of ether oxygens (including phenoxy) is 2. The third kappa shape index (κ3) is 8.14. The molecule has 16 heteroatoms. The molecule has 6 rings (SSSR count). The second-order valence-electron chi connectivity index (χ2n) is 14.3. The van der Waals surface area contributed by atoms with Gasteiger partial charge in [-0.1, -0.05) is 36.6 Å². The van der Waals surface area contributed by atoms with Crippen LogP contribution in [0.2, 0.25) is 5.02 Å². The van der Waals surface area contributed by atoms with Gasteiger partial charge in [0.1, 0.15) is 34.8 Å². The van der Waals surface area contributed by atoms with E-state index in [1.54, 1.807) is 39.0 Å². The van der Waals surface area contributed by atoms with Crippen molar-refractivity contribution in [3.05, 3.63) is 35.4 Å². The average Bonchev–Trinajstić information content (AvgIpc) is 3.90. The van der Waals surface area contributed by atoms with Crippen molar-refractivity contribution in [1.82, 2.24) is 25.2 Å². The van der Waals surface area contributed by atoms with Crippen LogP contribution in [0.25, 0.3) is 11.1 Å². The molecule has 49 heavy (non-hydrogen) atoms. The number of allylic oxidation sites excluding steroid dienone is 1. The molecule has 14 nitrogen and oxygen atoms in total. The van der Waals surface area contributed by atoms with E-state index in [1.807, 2.05) is 12.2 Å². The number of fused-ring (bicyclic) bond motifs is 3. The Morgan fingerprint density at radius 3 is 2.65 bits per heavy atom. The van der Waals surface area contributed by atoms with Gasteiger partial charge in [0.15, 0.2) is 5.58 Å². The van der Waals surface area contributed by atoms with E-state index in [1.165, 1.54) is 4.90 Å². The Kier molecular flexibility index (Phi) is 9.61. The van der Waals surface area contributed by atoms with Gasteiger partial charge in [-0.2, -0.15) is 4.98 Å². The van der Waals surface area contributed by atoms with E-state index in [2.05, 4.69) is 20.3 Å². The van der Waals surface area contributed by atoms with Gasteiger partial charge in [0.05, 0.1) is 11.8 Å². The van der Waals surface area contributed by atoms with E-state index in [0.29, 0.717) is 48.2 Å². The lowest BCUT2D eigenvalue weighted by molar-refractivity contribution is -0.141. The van der Waals surface area contributed by atoms with Crippen molar-refractivity contribution >= 4 is 56.5 Å². The normalized spacial score (nSPS) is 28.0. The number of hydrogen-bond donors (Lipinski definition) is 3. The van der Waals surface area contributed by atoms with Crippen molar-refractivity contribution in [2.24, 2.45) is 5.92 Å².